The summed E-state index contributed by atoms with van der Waals surface area (Å²) >= 11 is 1.51. The first-order valence-electron chi connectivity index (χ1n) is 7.48. The number of hydrogen-bond donors (Lipinski definition) is 1. The first kappa shape index (κ1) is 15.4. The Balaban J connectivity index is 1.79. The van der Waals surface area contributed by atoms with Gasteiger partial charge >= 0.3 is 0 Å². The zero-order valence-corrected chi connectivity index (χ0v) is 13.9. The van der Waals surface area contributed by atoms with E-state index in [1.54, 1.807) is 6.07 Å². The number of anilines is 1. The van der Waals surface area contributed by atoms with Crippen LogP contribution in [0.2, 0.25) is 0 Å². The lowest BCUT2D eigenvalue weighted by Crippen LogP contribution is -2.35. The zero-order chi connectivity index (χ0) is 15.9. The molecule has 1 saturated heterocycles. The highest BCUT2D eigenvalue weighted by atomic mass is 32.2. The normalized spacial score (nSPS) is 24.4. The first-order valence-corrected chi connectivity index (χ1v) is 8.46. The lowest BCUT2D eigenvalue weighted by atomic mass is 10.1. The number of thioether (sulfide) groups is 1. The second kappa shape index (κ2) is 5.93. The van der Waals surface area contributed by atoms with Gasteiger partial charge in [0.25, 0.3) is 5.91 Å². The highest BCUT2D eigenvalue weighted by Gasteiger charge is 2.34. The number of hydrogen-bond acceptors (Lipinski definition) is 4. The minimum absolute atomic E-state index is 0.00966. The molecule has 2 amide bonds. The third-order valence-corrected chi connectivity index (χ3v) is 5.46. The Morgan fingerprint density at radius 3 is 2.82 bits per heavy atom. The maximum Gasteiger partial charge on any atom is 0.253 e. The highest BCUT2D eigenvalue weighted by Crippen LogP contribution is 2.32. The van der Waals surface area contributed by atoms with Gasteiger partial charge < -0.3 is 15.1 Å². The van der Waals surface area contributed by atoms with Gasteiger partial charge in [0.15, 0.2) is 0 Å². The van der Waals surface area contributed by atoms with Gasteiger partial charge in [0.05, 0.1) is 11.4 Å². The smallest absolute Gasteiger partial charge is 0.253 e. The molecule has 118 valence electrons. The Kier molecular flexibility index (Phi) is 4.14. The van der Waals surface area contributed by atoms with Crippen LogP contribution in [-0.2, 0) is 4.79 Å². The number of carbonyl (C=O) groups excluding carboxylic acids is 2. The third-order valence-electron chi connectivity index (χ3n) is 4.38. The number of carbonyl (C=O) groups is 2. The summed E-state index contributed by atoms with van der Waals surface area (Å²) in [5.41, 5.74) is 1.40. The van der Waals surface area contributed by atoms with Crippen LogP contribution in [0.3, 0.4) is 0 Å². The number of amides is 2. The monoisotopic (exact) mass is 319 g/mol. The van der Waals surface area contributed by atoms with Gasteiger partial charge in [-0.15, -0.1) is 11.8 Å². The van der Waals surface area contributed by atoms with E-state index >= 15 is 0 Å². The molecule has 2 aliphatic heterocycles. The molecule has 0 unspecified atom stereocenters. The quantitative estimate of drug-likeness (QED) is 0.902. The number of rotatable bonds is 2. The van der Waals surface area contributed by atoms with E-state index in [1.165, 1.54) is 11.8 Å². The minimum atomic E-state index is -0.00966. The molecule has 2 aliphatic rings. The van der Waals surface area contributed by atoms with Crippen molar-refractivity contribution in [3.05, 3.63) is 23.8 Å². The van der Waals surface area contributed by atoms with E-state index < -0.39 is 0 Å². The summed E-state index contributed by atoms with van der Waals surface area (Å²) in [4.78, 5) is 29.3. The fraction of sp³-hybridized carbons (Fsp3) is 0.500. The van der Waals surface area contributed by atoms with E-state index in [4.69, 9.17) is 0 Å². The molecule has 0 radical (unpaired) electrons. The standard InChI is InChI=1S/C16H21N3O2S/c1-10-7-19(8-13(10)18(2)3)16(21)11-4-5-14-12(6-11)17-15(20)9-22-14/h4-6,10,13H,7-9H2,1-3H3,(H,17,20)/t10-,13-/m0/s1. The molecule has 3 rings (SSSR count). The van der Waals surface area contributed by atoms with Crippen LogP contribution >= 0.6 is 11.8 Å². The molecule has 0 saturated carbocycles. The van der Waals surface area contributed by atoms with Gasteiger partial charge in [0.2, 0.25) is 5.91 Å². The largest absolute Gasteiger partial charge is 0.337 e. The lowest BCUT2D eigenvalue weighted by Gasteiger charge is -2.22. The molecule has 5 nitrogen and oxygen atoms in total. The summed E-state index contributed by atoms with van der Waals surface area (Å²) in [5, 5.41) is 2.84. The molecule has 0 bridgehead atoms. The molecule has 1 aromatic rings. The Morgan fingerprint density at radius 1 is 1.36 bits per heavy atom. The summed E-state index contributed by atoms with van der Waals surface area (Å²) in [7, 11) is 4.11. The molecule has 1 fully saturated rings. The van der Waals surface area contributed by atoms with Gasteiger partial charge in [-0.25, -0.2) is 0 Å². The van der Waals surface area contributed by atoms with Crippen LogP contribution in [0.4, 0.5) is 5.69 Å². The van der Waals surface area contributed by atoms with Crippen LogP contribution in [0.25, 0.3) is 0 Å². The average Bonchev–Trinajstić information content (AvgIpc) is 2.88. The Labute approximate surface area is 135 Å². The van der Waals surface area contributed by atoms with Gasteiger partial charge in [-0.05, 0) is 38.2 Å². The number of nitrogens with one attached hydrogen (secondary N) is 1. The lowest BCUT2D eigenvalue weighted by molar-refractivity contribution is -0.113. The van der Waals surface area contributed by atoms with Crippen molar-refractivity contribution in [3.63, 3.8) is 0 Å². The Morgan fingerprint density at radius 2 is 2.14 bits per heavy atom. The van der Waals surface area contributed by atoms with Crippen molar-refractivity contribution in [2.24, 2.45) is 5.92 Å². The summed E-state index contributed by atoms with van der Waals surface area (Å²) in [6, 6.07) is 5.99. The van der Waals surface area contributed by atoms with E-state index in [2.05, 4.69) is 31.2 Å². The van der Waals surface area contributed by atoms with E-state index in [9.17, 15) is 9.59 Å². The SMILES string of the molecule is C[C@H]1CN(C(=O)c2ccc3c(c2)NC(=O)CS3)C[C@@H]1N(C)C. The molecule has 2 heterocycles. The number of likely N-dealkylation sites (tertiary alicyclic amines) is 1. The van der Waals surface area contributed by atoms with Gasteiger partial charge in [-0.2, -0.15) is 0 Å². The van der Waals surface area contributed by atoms with Gasteiger partial charge in [0.1, 0.15) is 0 Å². The maximum absolute atomic E-state index is 12.7. The molecular formula is C16H21N3O2S. The molecule has 2 atom stereocenters. The number of fused-ring (bicyclic) bond motifs is 1. The van der Waals surface area contributed by atoms with Crippen LogP contribution in [0.15, 0.2) is 23.1 Å². The van der Waals surface area contributed by atoms with Gasteiger partial charge in [0, 0.05) is 29.6 Å². The van der Waals surface area contributed by atoms with Gasteiger partial charge in [-0.1, -0.05) is 6.92 Å². The van der Waals surface area contributed by atoms with E-state index in [0.717, 1.165) is 23.7 Å². The van der Waals surface area contributed by atoms with Crippen LogP contribution < -0.4 is 5.32 Å². The third kappa shape index (κ3) is 2.85. The van der Waals surface area contributed by atoms with E-state index in [-0.39, 0.29) is 11.8 Å². The van der Waals surface area contributed by atoms with Gasteiger partial charge in [-0.3, -0.25) is 9.59 Å². The average molecular weight is 319 g/mol. The molecule has 6 heteroatoms. The second-order valence-corrected chi connectivity index (χ2v) is 7.28. The fourth-order valence-corrected chi connectivity index (χ4v) is 3.97. The number of likely N-dealkylation sites (N-methyl/N-ethyl adjacent to an activating group) is 1. The summed E-state index contributed by atoms with van der Waals surface area (Å²) in [5.74, 6) is 0.939. The summed E-state index contributed by atoms with van der Waals surface area (Å²) in [6.07, 6.45) is 0. The zero-order valence-electron chi connectivity index (χ0n) is 13.1. The molecule has 1 aromatic carbocycles. The van der Waals surface area contributed by atoms with Crippen LogP contribution in [0.1, 0.15) is 17.3 Å². The van der Waals surface area contributed by atoms with Crippen molar-refractivity contribution in [1.29, 1.82) is 0 Å². The topological polar surface area (TPSA) is 52.7 Å². The number of nitrogens with zero attached hydrogens (tertiary/aromatic N) is 2. The predicted molar refractivity (Wildman–Crippen MR) is 88.3 cm³/mol. The van der Waals surface area contributed by atoms with Crippen LogP contribution in [0, 0.1) is 5.92 Å². The maximum atomic E-state index is 12.7. The Hall–Kier alpha value is -1.53. The van der Waals surface area contributed by atoms with E-state index in [0.29, 0.717) is 23.3 Å². The van der Waals surface area contributed by atoms with Crippen LogP contribution in [-0.4, -0.2) is 60.6 Å². The summed E-state index contributed by atoms with van der Waals surface area (Å²) in [6.45, 7) is 3.72. The molecule has 1 N–H and O–H groups in total. The first-order chi connectivity index (χ1) is 10.5. The second-order valence-electron chi connectivity index (χ2n) is 6.27. The van der Waals surface area contributed by atoms with Crippen molar-refractivity contribution in [1.82, 2.24) is 9.80 Å². The molecule has 0 aromatic heterocycles. The predicted octanol–water partition coefficient (Wildman–Crippen LogP) is 1.75. The van der Waals surface area contributed by atoms with Crippen LogP contribution in [0.5, 0.6) is 0 Å². The molecule has 0 aliphatic carbocycles. The van der Waals surface area contributed by atoms with Crippen molar-refractivity contribution in [2.75, 3.05) is 38.3 Å². The van der Waals surface area contributed by atoms with Crippen molar-refractivity contribution < 1.29 is 9.59 Å². The molecule has 0 spiro atoms. The minimum Gasteiger partial charge on any atom is -0.337 e. The van der Waals surface area contributed by atoms with E-state index in [1.807, 2.05) is 17.0 Å². The van der Waals surface area contributed by atoms with Crippen molar-refractivity contribution in [2.45, 2.75) is 17.9 Å². The molecule has 22 heavy (non-hydrogen) atoms. The number of benzene rings is 1. The Bertz CT molecular complexity index is 617. The summed E-state index contributed by atoms with van der Waals surface area (Å²) < 4.78 is 0. The van der Waals surface area contributed by atoms with Crippen molar-refractivity contribution >= 4 is 29.3 Å². The fourth-order valence-electron chi connectivity index (χ4n) is 3.19. The molecular weight excluding hydrogens is 298 g/mol. The highest BCUT2D eigenvalue weighted by molar-refractivity contribution is 8.00. The van der Waals surface area contributed by atoms with Crippen molar-refractivity contribution in [3.8, 4) is 0 Å².